The highest BCUT2D eigenvalue weighted by Crippen LogP contribution is 1.85. The van der Waals surface area contributed by atoms with Crippen LogP contribution in [0.1, 0.15) is 20.3 Å². The molecule has 0 aliphatic rings. The number of amides is 1. The number of carbonyl (C=O) groups is 1. The van der Waals surface area contributed by atoms with Crippen molar-refractivity contribution in [1.29, 1.82) is 0 Å². The van der Waals surface area contributed by atoms with Gasteiger partial charge in [0.25, 0.3) is 0 Å². The molecule has 2 N–H and O–H groups in total. The minimum absolute atomic E-state index is 0.0274. The van der Waals surface area contributed by atoms with Crippen LogP contribution in [0.25, 0.3) is 0 Å². The molecule has 0 heterocycles. The number of ether oxygens (including phenoxy) is 1. The number of hydrogen-bond acceptors (Lipinski definition) is 3. The lowest BCUT2D eigenvalue weighted by Crippen LogP contribution is -2.35. The monoisotopic (exact) mass is 175 g/mol. The van der Waals surface area contributed by atoms with Gasteiger partial charge in [-0.05, 0) is 13.8 Å². The molecule has 0 fully saturated rings. The molecule has 0 spiro atoms. The molecule has 0 aliphatic carbocycles. The maximum Gasteiger partial charge on any atom is 0.222 e. The van der Waals surface area contributed by atoms with Crippen molar-refractivity contribution in [3.63, 3.8) is 0 Å². The van der Waals surface area contributed by atoms with E-state index in [-0.39, 0.29) is 18.6 Å². The summed E-state index contributed by atoms with van der Waals surface area (Å²) in [5.74, 6) is -0.0787. The fourth-order valence-electron chi connectivity index (χ4n) is 0.702. The van der Waals surface area contributed by atoms with Gasteiger partial charge in [0.1, 0.15) is 0 Å². The third-order valence-electron chi connectivity index (χ3n) is 1.36. The first-order valence-corrected chi connectivity index (χ1v) is 4.18. The minimum Gasteiger partial charge on any atom is -0.394 e. The summed E-state index contributed by atoms with van der Waals surface area (Å²) in [4.78, 5) is 11.0. The highest BCUT2D eigenvalue weighted by molar-refractivity contribution is 5.76. The van der Waals surface area contributed by atoms with E-state index >= 15 is 0 Å². The van der Waals surface area contributed by atoms with E-state index in [4.69, 9.17) is 9.84 Å². The normalized spacial score (nSPS) is 12.6. The fourth-order valence-corrected chi connectivity index (χ4v) is 0.702. The Bertz CT molecular complexity index is 127. The summed E-state index contributed by atoms with van der Waals surface area (Å²) in [6, 6.07) is -0.167. The molecule has 0 aromatic carbocycles. The zero-order valence-electron chi connectivity index (χ0n) is 7.67. The zero-order valence-corrected chi connectivity index (χ0v) is 7.67. The highest BCUT2D eigenvalue weighted by atomic mass is 16.5. The van der Waals surface area contributed by atoms with Crippen molar-refractivity contribution in [1.82, 2.24) is 5.32 Å². The molecule has 0 saturated carbocycles. The average Bonchev–Trinajstić information content (AvgIpc) is 2.05. The van der Waals surface area contributed by atoms with Gasteiger partial charge in [0, 0.05) is 19.1 Å². The number of rotatable bonds is 6. The van der Waals surface area contributed by atoms with Crippen LogP contribution in [0, 0.1) is 0 Å². The summed E-state index contributed by atoms with van der Waals surface area (Å²) in [6.07, 6.45) is 0.359. The van der Waals surface area contributed by atoms with Crippen molar-refractivity contribution in [3.8, 4) is 0 Å². The van der Waals surface area contributed by atoms with Crippen molar-refractivity contribution < 1.29 is 14.6 Å². The van der Waals surface area contributed by atoms with E-state index in [1.165, 1.54) is 0 Å². The SMILES string of the molecule is CCOCCC(=O)NC(C)CO. The van der Waals surface area contributed by atoms with Crippen LogP contribution in [0.2, 0.25) is 0 Å². The number of nitrogens with one attached hydrogen (secondary N) is 1. The Morgan fingerprint density at radius 2 is 2.33 bits per heavy atom. The van der Waals surface area contributed by atoms with E-state index < -0.39 is 0 Å². The Morgan fingerprint density at radius 3 is 2.83 bits per heavy atom. The van der Waals surface area contributed by atoms with Crippen LogP contribution in [0.3, 0.4) is 0 Å². The molecule has 1 atom stereocenters. The molecule has 0 radical (unpaired) electrons. The molecule has 4 heteroatoms. The lowest BCUT2D eigenvalue weighted by atomic mass is 10.3. The largest absolute Gasteiger partial charge is 0.394 e. The third kappa shape index (κ3) is 6.12. The summed E-state index contributed by atoms with van der Waals surface area (Å²) < 4.78 is 5.00. The van der Waals surface area contributed by atoms with E-state index in [1.54, 1.807) is 6.92 Å². The molecular formula is C8H17NO3. The number of hydrogen-bond donors (Lipinski definition) is 2. The van der Waals surface area contributed by atoms with E-state index in [1.807, 2.05) is 6.92 Å². The molecule has 0 aromatic heterocycles. The summed E-state index contributed by atoms with van der Waals surface area (Å²) in [5, 5.41) is 11.2. The van der Waals surface area contributed by atoms with Crippen molar-refractivity contribution >= 4 is 5.91 Å². The van der Waals surface area contributed by atoms with Crippen LogP contribution < -0.4 is 5.32 Å². The van der Waals surface area contributed by atoms with Crippen LogP contribution in [0.15, 0.2) is 0 Å². The molecule has 1 unspecified atom stereocenters. The number of carbonyl (C=O) groups excluding carboxylic acids is 1. The first kappa shape index (κ1) is 11.4. The number of aliphatic hydroxyl groups is 1. The van der Waals surface area contributed by atoms with Crippen LogP contribution in [0.5, 0.6) is 0 Å². The van der Waals surface area contributed by atoms with Gasteiger partial charge in [-0.15, -0.1) is 0 Å². The zero-order chi connectivity index (χ0) is 9.40. The van der Waals surface area contributed by atoms with Crippen molar-refractivity contribution in [2.45, 2.75) is 26.3 Å². The molecule has 72 valence electrons. The Morgan fingerprint density at radius 1 is 1.67 bits per heavy atom. The Hall–Kier alpha value is -0.610. The third-order valence-corrected chi connectivity index (χ3v) is 1.36. The highest BCUT2D eigenvalue weighted by Gasteiger charge is 2.04. The lowest BCUT2D eigenvalue weighted by Gasteiger charge is -2.10. The topological polar surface area (TPSA) is 58.6 Å². The summed E-state index contributed by atoms with van der Waals surface area (Å²) in [5.41, 5.74) is 0. The second kappa shape index (κ2) is 7.06. The minimum atomic E-state index is -0.167. The Balaban J connectivity index is 3.33. The van der Waals surface area contributed by atoms with Crippen LogP contribution in [-0.2, 0) is 9.53 Å². The first-order valence-electron chi connectivity index (χ1n) is 4.18. The fraction of sp³-hybridized carbons (Fsp3) is 0.875. The molecule has 0 rings (SSSR count). The molecule has 0 aromatic rings. The van der Waals surface area contributed by atoms with Gasteiger partial charge in [0.15, 0.2) is 0 Å². The molecule has 0 saturated heterocycles. The van der Waals surface area contributed by atoms with Crippen LogP contribution in [-0.4, -0.2) is 36.9 Å². The summed E-state index contributed by atoms with van der Waals surface area (Å²) in [6.45, 7) is 4.68. The summed E-state index contributed by atoms with van der Waals surface area (Å²) >= 11 is 0. The van der Waals surface area contributed by atoms with Crippen molar-refractivity contribution in [2.24, 2.45) is 0 Å². The van der Waals surface area contributed by atoms with Gasteiger partial charge in [0.05, 0.1) is 13.2 Å². The quantitative estimate of drug-likeness (QED) is 0.555. The van der Waals surface area contributed by atoms with E-state index in [0.29, 0.717) is 19.6 Å². The molecule has 4 nitrogen and oxygen atoms in total. The van der Waals surface area contributed by atoms with Crippen molar-refractivity contribution in [2.75, 3.05) is 19.8 Å². The maximum atomic E-state index is 11.0. The molecule has 0 bridgehead atoms. The van der Waals surface area contributed by atoms with Gasteiger partial charge < -0.3 is 15.2 Å². The van der Waals surface area contributed by atoms with E-state index in [0.717, 1.165) is 0 Å². The first-order chi connectivity index (χ1) is 5.70. The molecule has 0 aliphatic heterocycles. The standard InChI is InChI=1S/C8H17NO3/c1-3-12-5-4-8(11)9-7(2)6-10/h7,10H,3-6H2,1-2H3,(H,9,11). The Kier molecular flexibility index (Phi) is 6.70. The van der Waals surface area contributed by atoms with E-state index in [9.17, 15) is 4.79 Å². The predicted molar refractivity (Wildman–Crippen MR) is 45.8 cm³/mol. The summed E-state index contributed by atoms with van der Waals surface area (Å²) in [7, 11) is 0. The van der Waals surface area contributed by atoms with Crippen molar-refractivity contribution in [3.05, 3.63) is 0 Å². The van der Waals surface area contributed by atoms with Gasteiger partial charge >= 0.3 is 0 Å². The van der Waals surface area contributed by atoms with Gasteiger partial charge in [0.2, 0.25) is 5.91 Å². The maximum absolute atomic E-state index is 11.0. The second-order valence-corrected chi connectivity index (χ2v) is 2.60. The average molecular weight is 175 g/mol. The molecule has 12 heavy (non-hydrogen) atoms. The van der Waals surface area contributed by atoms with Gasteiger partial charge in [-0.3, -0.25) is 4.79 Å². The van der Waals surface area contributed by atoms with Gasteiger partial charge in [-0.25, -0.2) is 0 Å². The Labute approximate surface area is 72.9 Å². The number of aliphatic hydroxyl groups excluding tert-OH is 1. The smallest absolute Gasteiger partial charge is 0.222 e. The van der Waals surface area contributed by atoms with Crippen LogP contribution >= 0.6 is 0 Å². The molecule has 1 amide bonds. The van der Waals surface area contributed by atoms with E-state index in [2.05, 4.69) is 5.32 Å². The van der Waals surface area contributed by atoms with Gasteiger partial charge in [-0.1, -0.05) is 0 Å². The second-order valence-electron chi connectivity index (χ2n) is 2.60. The predicted octanol–water partition coefficient (Wildman–Crippen LogP) is -0.0900. The van der Waals surface area contributed by atoms with Gasteiger partial charge in [-0.2, -0.15) is 0 Å². The van der Waals surface area contributed by atoms with Crippen LogP contribution in [0.4, 0.5) is 0 Å². The molecular weight excluding hydrogens is 158 g/mol. The lowest BCUT2D eigenvalue weighted by molar-refractivity contribution is -0.123.